The van der Waals surface area contributed by atoms with Crippen LogP contribution in [0.25, 0.3) is 0 Å². The van der Waals surface area contributed by atoms with E-state index in [0.717, 1.165) is 6.42 Å². The normalized spacial score (nSPS) is 26.1. The summed E-state index contributed by atoms with van der Waals surface area (Å²) in [6.45, 7) is 3.20. The van der Waals surface area contributed by atoms with Crippen LogP contribution in [0.3, 0.4) is 0 Å². The first-order valence-electron chi connectivity index (χ1n) is 6.13. The maximum absolute atomic E-state index is 12.4. The zero-order valence-corrected chi connectivity index (χ0v) is 11.5. The van der Waals surface area contributed by atoms with Crippen molar-refractivity contribution in [2.24, 2.45) is 5.92 Å². The molecule has 2 unspecified atom stereocenters. The first kappa shape index (κ1) is 13.5. The van der Waals surface area contributed by atoms with Crippen LogP contribution >= 0.6 is 0 Å². The number of nitrogens with zero attached hydrogens (tertiary/aromatic N) is 2. The van der Waals surface area contributed by atoms with E-state index in [-0.39, 0.29) is 4.90 Å². The molecule has 1 aliphatic heterocycles. The zero-order chi connectivity index (χ0) is 13.2. The lowest BCUT2D eigenvalue weighted by Gasteiger charge is -2.35. The van der Waals surface area contributed by atoms with E-state index < -0.39 is 10.0 Å². The van der Waals surface area contributed by atoms with Crippen LogP contribution in [0.4, 0.5) is 0 Å². The van der Waals surface area contributed by atoms with Gasteiger partial charge in [-0.25, -0.2) is 8.42 Å². The van der Waals surface area contributed by atoms with E-state index in [4.69, 9.17) is 0 Å². The number of rotatable bonds is 3. The Morgan fingerprint density at radius 1 is 1.50 bits per heavy atom. The number of hydrogen-bond acceptors (Lipinski definition) is 4. The van der Waals surface area contributed by atoms with Gasteiger partial charge in [0.2, 0.25) is 10.0 Å². The van der Waals surface area contributed by atoms with Gasteiger partial charge in [-0.15, -0.1) is 0 Å². The molecule has 5 nitrogen and oxygen atoms in total. The Morgan fingerprint density at radius 2 is 2.28 bits per heavy atom. The summed E-state index contributed by atoms with van der Waals surface area (Å²) < 4.78 is 26.3. The fraction of sp³-hybridized carbons (Fsp3) is 0.583. The molecule has 6 heteroatoms. The molecule has 1 N–H and O–H groups in total. The standard InChI is InChI=1S/C12H19N3O2S/c1-10-9-15(7-5-12(10)13-2)18(16,17)11-4-3-6-14-8-11/h3-4,6,8,10,12-13H,5,7,9H2,1-2H3. The van der Waals surface area contributed by atoms with Crippen LogP contribution in [-0.4, -0.2) is 43.9 Å². The maximum atomic E-state index is 12.4. The minimum Gasteiger partial charge on any atom is -0.317 e. The van der Waals surface area contributed by atoms with E-state index in [0.29, 0.717) is 25.0 Å². The molecule has 100 valence electrons. The summed E-state index contributed by atoms with van der Waals surface area (Å²) in [5.41, 5.74) is 0. The van der Waals surface area contributed by atoms with Crippen molar-refractivity contribution >= 4 is 10.0 Å². The monoisotopic (exact) mass is 269 g/mol. The summed E-state index contributed by atoms with van der Waals surface area (Å²) in [6.07, 6.45) is 3.83. The molecule has 2 rings (SSSR count). The molecular weight excluding hydrogens is 250 g/mol. The molecule has 0 bridgehead atoms. The predicted octanol–water partition coefficient (Wildman–Crippen LogP) is 0.700. The maximum Gasteiger partial charge on any atom is 0.244 e. The number of pyridine rings is 1. The summed E-state index contributed by atoms with van der Waals surface area (Å²) in [7, 11) is -1.46. The molecule has 0 spiro atoms. The summed E-state index contributed by atoms with van der Waals surface area (Å²) >= 11 is 0. The molecule has 1 fully saturated rings. The average molecular weight is 269 g/mol. The van der Waals surface area contributed by atoms with Crippen molar-refractivity contribution in [3.63, 3.8) is 0 Å². The van der Waals surface area contributed by atoms with Gasteiger partial charge in [0, 0.05) is 31.5 Å². The average Bonchev–Trinajstić information content (AvgIpc) is 2.39. The van der Waals surface area contributed by atoms with Crippen LogP contribution in [0.1, 0.15) is 13.3 Å². The van der Waals surface area contributed by atoms with Gasteiger partial charge in [-0.05, 0) is 31.5 Å². The van der Waals surface area contributed by atoms with Crippen molar-refractivity contribution in [3.8, 4) is 0 Å². The summed E-state index contributed by atoms with van der Waals surface area (Å²) in [5, 5.41) is 3.23. The zero-order valence-electron chi connectivity index (χ0n) is 10.7. The Labute approximate surface area is 108 Å². The molecule has 1 aromatic heterocycles. The number of hydrogen-bond donors (Lipinski definition) is 1. The second kappa shape index (κ2) is 5.34. The summed E-state index contributed by atoms with van der Waals surface area (Å²) in [5.74, 6) is 0.315. The van der Waals surface area contributed by atoms with Crippen molar-refractivity contribution in [3.05, 3.63) is 24.5 Å². The topological polar surface area (TPSA) is 62.3 Å². The molecule has 1 aliphatic rings. The van der Waals surface area contributed by atoms with Crippen molar-refractivity contribution in [2.75, 3.05) is 20.1 Å². The van der Waals surface area contributed by atoms with Gasteiger partial charge in [0.15, 0.2) is 0 Å². The van der Waals surface area contributed by atoms with E-state index in [9.17, 15) is 8.42 Å². The van der Waals surface area contributed by atoms with Crippen molar-refractivity contribution < 1.29 is 8.42 Å². The van der Waals surface area contributed by atoms with Crippen LogP contribution in [0.5, 0.6) is 0 Å². The first-order valence-corrected chi connectivity index (χ1v) is 7.57. The summed E-state index contributed by atoms with van der Waals surface area (Å²) in [4.78, 5) is 4.16. The highest BCUT2D eigenvalue weighted by atomic mass is 32.2. The molecule has 0 amide bonds. The quantitative estimate of drug-likeness (QED) is 0.877. The van der Waals surface area contributed by atoms with Gasteiger partial charge in [0.1, 0.15) is 4.90 Å². The van der Waals surface area contributed by atoms with Crippen LogP contribution < -0.4 is 5.32 Å². The van der Waals surface area contributed by atoms with E-state index in [2.05, 4.69) is 17.2 Å². The summed E-state index contributed by atoms with van der Waals surface area (Å²) in [6, 6.07) is 3.64. The van der Waals surface area contributed by atoms with Gasteiger partial charge < -0.3 is 5.32 Å². The molecule has 2 atom stereocenters. The first-order chi connectivity index (χ1) is 8.55. The van der Waals surface area contributed by atoms with Crippen LogP contribution in [-0.2, 0) is 10.0 Å². The highest BCUT2D eigenvalue weighted by Gasteiger charge is 2.32. The van der Waals surface area contributed by atoms with Gasteiger partial charge in [0.25, 0.3) is 0 Å². The highest BCUT2D eigenvalue weighted by molar-refractivity contribution is 7.89. The van der Waals surface area contributed by atoms with Crippen molar-refractivity contribution in [2.45, 2.75) is 24.3 Å². The molecule has 0 saturated carbocycles. The smallest absolute Gasteiger partial charge is 0.244 e. The van der Waals surface area contributed by atoms with E-state index in [1.54, 1.807) is 22.6 Å². The molecule has 1 saturated heterocycles. The molecular formula is C12H19N3O2S. The minimum atomic E-state index is -3.38. The van der Waals surface area contributed by atoms with Gasteiger partial charge in [-0.3, -0.25) is 4.98 Å². The molecule has 0 aromatic carbocycles. The number of sulfonamides is 1. The molecule has 0 aliphatic carbocycles. The fourth-order valence-electron chi connectivity index (χ4n) is 2.40. The molecule has 0 radical (unpaired) electrons. The minimum absolute atomic E-state index is 0.278. The SMILES string of the molecule is CNC1CCN(S(=O)(=O)c2cccnc2)CC1C. The number of piperidine rings is 1. The molecule has 18 heavy (non-hydrogen) atoms. The number of nitrogens with one attached hydrogen (secondary N) is 1. The van der Waals surface area contributed by atoms with E-state index in [1.807, 2.05) is 7.05 Å². The third kappa shape index (κ3) is 2.55. The Kier molecular flexibility index (Phi) is 3.99. The Hall–Kier alpha value is -0.980. The van der Waals surface area contributed by atoms with Crippen LogP contribution in [0.15, 0.2) is 29.4 Å². The Balaban J connectivity index is 2.18. The van der Waals surface area contributed by atoms with Crippen LogP contribution in [0, 0.1) is 5.92 Å². The Bertz CT molecular complexity index is 489. The van der Waals surface area contributed by atoms with Gasteiger partial charge in [-0.1, -0.05) is 6.92 Å². The second-order valence-corrected chi connectivity index (χ2v) is 6.65. The predicted molar refractivity (Wildman–Crippen MR) is 69.6 cm³/mol. The third-order valence-corrected chi connectivity index (χ3v) is 5.36. The Morgan fingerprint density at radius 3 is 2.83 bits per heavy atom. The van der Waals surface area contributed by atoms with E-state index in [1.165, 1.54) is 6.20 Å². The largest absolute Gasteiger partial charge is 0.317 e. The molecule has 1 aromatic rings. The third-order valence-electron chi connectivity index (χ3n) is 3.51. The lowest BCUT2D eigenvalue weighted by atomic mass is 9.96. The fourth-order valence-corrected chi connectivity index (χ4v) is 3.92. The van der Waals surface area contributed by atoms with Gasteiger partial charge >= 0.3 is 0 Å². The number of aromatic nitrogens is 1. The highest BCUT2D eigenvalue weighted by Crippen LogP contribution is 2.23. The molecule has 2 heterocycles. The van der Waals surface area contributed by atoms with Crippen molar-refractivity contribution in [1.29, 1.82) is 0 Å². The van der Waals surface area contributed by atoms with E-state index >= 15 is 0 Å². The van der Waals surface area contributed by atoms with Crippen LogP contribution in [0.2, 0.25) is 0 Å². The van der Waals surface area contributed by atoms with Gasteiger partial charge in [0.05, 0.1) is 0 Å². The lowest BCUT2D eigenvalue weighted by molar-refractivity contribution is 0.228. The van der Waals surface area contributed by atoms with Crippen molar-refractivity contribution in [1.82, 2.24) is 14.6 Å². The lowest BCUT2D eigenvalue weighted by Crippen LogP contribution is -2.49. The van der Waals surface area contributed by atoms with Gasteiger partial charge in [-0.2, -0.15) is 4.31 Å². The second-order valence-electron chi connectivity index (χ2n) is 4.71.